The fraction of sp³-hybridized carbons (Fsp3) is 0.400. The van der Waals surface area contributed by atoms with E-state index in [4.69, 9.17) is 33.5 Å². The number of carbonyl (C=O) groups excluding carboxylic acids is 2. The number of aromatic nitrogens is 2. The van der Waals surface area contributed by atoms with Gasteiger partial charge in [0.15, 0.2) is 5.54 Å². The second-order valence-electron chi connectivity index (χ2n) is 14.0. The van der Waals surface area contributed by atoms with E-state index in [0.717, 1.165) is 12.8 Å². The smallest absolute Gasteiger partial charge is 0.411 e. The molecule has 1 aromatic heterocycles. The van der Waals surface area contributed by atoms with Crippen molar-refractivity contribution in [3.63, 3.8) is 0 Å². The minimum atomic E-state index is -2.81. The fourth-order valence-electron chi connectivity index (χ4n) is 5.82. The number of carboxylic acid groups (broad SMARTS) is 1. The van der Waals surface area contributed by atoms with Crippen LogP contribution in [0.3, 0.4) is 0 Å². The van der Waals surface area contributed by atoms with Gasteiger partial charge >= 0.3 is 18.7 Å². The lowest BCUT2D eigenvalue weighted by Gasteiger charge is -2.35. The normalized spacial score (nSPS) is 18.1. The van der Waals surface area contributed by atoms with Crippen LogP contribution in [0.1, 0.15) is 69.3 Å². The van der Waals surface area contributed by atoms with Crippen LogP contribution in [0.15, 0.2) is 64.8 Å². The Balaban J connectivity index is 1.62. The molecule has 2 aromatic carbocycles. The number of halogens is 3. The van der Waals surface area contributed by atoms with Gasteiger partial charge < -0.3 is 20.1 Å². The maximum absolute atomic E-state index is 15.1. The monoisotopic (exact) mass is 756 g/mol. The molecule has 52 heavy (non-hydrogen) atoms. The quantitative estimate of drug-likeness (QED) is 0.113. The summed E-state index contributed by atoms with van der Waals surface area (Å²) in [6, 6.07) is 10.3. The minimum Gasteiger partial charge on any atom is -0.465 e. The maximum Gasteiger partial charge on any atom is 0.411 e. The highest BCUT2D eigenvalue weighted by atomic mass is 35.5. The lowest BCUT2D eigenvalue weighted by molar-refractivity contribution is -0.135. The summed E-state index contributed by atoms with van der Waals surface area (Å²) in [5.41, 5.74) is 0.00582. The van der Waals surface area contributed by atoms with E-state index in [0.29, 0.717) is 32.5 Å². The van der Waals surface area contributed by atoms with Gasteiger partial charge in [0.1, 0.15) is 11.6 Å². The van der Waals surface area contributed by atoms with Crippen molar-refractivity contribution in [2.45, 2.75) is 64.2 Å². The molecule has 276 valence electrons. The van der Waals surface area contributed by atoms with Crippen molar-refractivity contribution in [2.24, 2.45) is 15.4 Å². The van der Waals surface area contributed by atoms with Gasteiger partial charge in [0, 0.05) is 37.5 Å². The molecule has 2 heterocycles. The van der Waals surface area contributed by atoms with Crippen molar-refractivity contribution in [2.75, 3.05) is 20.7 Å². The van der Waals surface area contributed by atoms with E-state index < -0.39 is 48.2 Å². The molecule has 1 aliphatic heterocycles. The molecule has 3 aromatic rings. The third-order valence-electron chi connectivity index (χ3n) is 8.19. The zero-order valence-electron chi connectivity index (χ0n) is 29.1. The number of hydrogen-bond donors (Lipinski definition) is 3. The van der Waals surface area contributed by atoms with Crippen LogP contribution >= 0.6 is 23.8 Å². The highest BCUT2D eigenvalue weighted by Gasteiger charge is 2.54. The summed E-state index contributed by atoms with van der Waals surface area (Å²) in [7, 11) is 3.55. The van der Waals surface area contributed by atoms with Gasteiger partial charge in [-0.25, -0.2) is 24.3 Å². The van der Waals surface area contributed by atoms with E-state index in [2.05, 4.69) is 20.7 Å². The molecule has 1 fully saturated rings. The Morgan fingerprint density at radius 1 is 1.19 bits per heavy atom. The Kier molecular flexibility index (Phi) is 11.3. The van der Waals surface area contributed by atoms with E-state index in [1.54, 1.807) is 61.5 Å². The number of amides is 3. The number of alkyl carbamates (subject to hydrolysis) is 1. The summed E-state index contributed by atoms with van der Waals surface area (Å²) in [5.74, 6) is -0.879. The Hall–Kier alpha value is -4.96. The molecule has 1 aliphatic carbocycles. The van der Waals surface area contributed by atoms with Crippen LogP contribution in [0.2, 0.25) is 5.02 Å². The first-order valence-electron chi connectivity index (χ1n) is 16.3. The lowest BCUT2D eigenvalue weighted by Crippen LogP contribution is -2.49. The summed E-state index contributed by atoms with van der Waals surface area (Å²) >= 11 is 12.1. The van der Waals surface area contributed by atoms with E-state index in [1.807, 2.05) is 20.8 Å². The van der Waals surface area contributed by atoms with Crippen LogP contribution in [-0.2, 0) is 15.1 Å². The number of alkyl halides is 2. The first-order valence-corrected chi connectivity index (χ1v) is 17.1. The summed E-state index contributed by atoms with van der Waals surface area (Å²) in [6.07, 6.45) is 3.62. The summed E-state index contributed by atoms with van der Waals surface area (Å²) in [6.45, 7) is 2.55. The number of nitrogens with zero attached hydrogens (tertiary/aromatic N) is 6. The molecule has 2 aliphatic rings. The van der Waals surface area contributed by atoms with Crippen LogP contribution in [0.4, 0.5) is 18.4 Å². The number of rotatable bonds is 11. The number of ether oxygens (including phenoxy) is 1. The molecular weight excluding hydrogens is 718 g/mol. The number of carbonyl (C=O) groups is 3. The molecule has 0 radical (unpaired) electrons. The van der Waals surface area contributed by atoms with Gasteiger partial charge in [-0.3, -0.25) is 15.0 Å². The molecular formula is C35H39ClF2N8O5S. The van der Waals surface area contributed by atoms with Crippen molar-refractivity contribution in [3.8, 4) is 11.1 Å². The Labute approximate surface area is 309 Å². The second-order valence-corrected chi connectivity index (χ2v) is 14.8. The first-order chi connectivity index (χ1) is 24.5. The van der Waals surface area contributed by atoms with Crippen molar-refractivity contribution in [1.29, 1.82) is 0 Å². The highest BCUT2D eigenvalue weighted by Crippen LogP contribution is 2.45. The average Bonchev–Trinajstić information content (AvgIpc) is 3.65. The van der Waals surface area contributed by atoms with Gasteiger partial charge in [-0.05, 0) is 53.5 Å². The molecule has 5 rings (SSSR count). The van der Waals surface area contributed by atoms with Gasteiger partial charge in [-0.15, -0.1) is 0 Å². The van der Waals surface area contributed by atoms with Crippen LogP contribution in [-0.4, -0.2) is 86.8 Å². The summed E-state index contributed by atoms with van der Waals surface area (Å²) in [5, 5.41) is 19.0. The maximum atomic E-state index is 15.1. The minimum absolute atomic E-state index is 0.00800. The molecule has 0 bridgehead atoms. The number of nitrogens with one attached hydrogen (secondary N) is 2. The van der Waals surface area contributed by atoms with Gasteiger partial charge in [-0.1, -0.05) is 74.9 Å². The second kappa shape index (κ2) is 15.3. The number of hydrogen-bond acceptors (Lipinski definition) is 7. The van der Waals surface area contributed by atoms with Crippen molar-refractivity contribution >= 4 is 59.2 Å². The van der Waals surface area contributed by atoms with Crippen molar-refractivity contribution in [3.05, 3.63) is 76.6 Å². The highest BCUT2D eigenvalue weighted by molar-refractivity contribution is 7.80. The van der Waals surface area contributed by atoms with Gasteiger partial charge in [0.05, 0.1) is 23.6 Å². The molecule has 1 saturated carbocycles. The first kappa shape index (κ1) is 38.3. The summed E-state index contributed by atoms with van der Waals surface area (Å²) in [4.78, 5) is 52.2. The predicted molar refractivity (Wildman–Crippen MR) is 196 cm³/mol. The van der Waals surface area contributed by atoms with E-state index >= 15 is 4.79 Å². The van der Waals surface area contributed by atoms with Crippen LogP contribution in [0, 0.1) is 5.41 Å². The number of aliphatic imine (C=N–C) groups is 2. The number of thiocarbonyl (C=S) groups is 1. The molecule has 3 N–H and O–H groups in total. The number of benzene rings is 2. The standard InChI is InChI=1S/C35H39ClF2N8O5S/c1-34(2,3)18-35(23-9-6-20(7-10-23)22-15-40-45(16-22)30(37)38)29(47)46(31(43-35)42-32(48)49)27(17-51-33(50)41-24-11-12-24)21-8-13-26(36)25(14-21)28(52)39-19-44(4)5/h6-10,13-16,19,24,27,30H,11-12,17-18H2,1-5H3,(H,41,50)(H,42,43)(H,48,49)/t27-,35-/m1/s1. The zero-order valence-corrected chi connectivity index (χ0v) is 30.7. The number of guanidine groups is 1. The average molecular weight is 757 g/mol. The van der Waals surface area contributed by atoms with Gasteiger partial charge in [-0.2, -0.15) is 13.9 Å². The van der Waals surface area contributed by atoms with E-state index in [-0.39, 0.29) is 28.4 Å². The molecule has 17 heteroatoms. The molecule has 0 spiro atoms. The third kappa shape index (κ3) is 8.91. The van der Waals surface area contributed by atoms with Crippen LogP contribution < -0.4 is 10.6 Å². The summed E-state index contributed by atoms with van der Waals surface area (Å²) < 4.78 is 32.6. The fourth-order valence-corrected chi connectivity index (χ4v) is 6.30. The van der Waals surface area contributed by atoms with Crippen LogP contribution in [0.25, 0.3) is 11.1 Å². The zero-order chi connectivity index (χ0) is 38.0. The predicted octanol–water partition coefficient (Wildman–Crippen LogP) is 6.59. The largest absolute Gasteiger partial charge is 0.465 e. The Morgan fingerprint density at radius 2 is 1.88 bits per heavy atom. The Bertz CT molecular complexity index is 1910. The molecule has 13 nitrogen and oxygen atoms in total. The third-order valence-corrected chi connectivity index (χ3v) is 8.85. The van der Waals surface area contributed by atoms with E-state index in [9.17, 15) is 23.5 Å². The van der Waals surface area contributed by atoms with Crippen molar-refractivity contribution < 1.29 is 33.0 Å². The molecule has 0 unspecified atom stereocenters. The molecule has 2 atom stereocenters. The van der Waals surface area contributed by atoms with Gasteiger partial charge in [0.25, 0.3) is 5.91 Å². The van der Waals surface area contributed by atoms with Crippen LogP contribution in [0.5, 0.6) is 0 Å². The van der Waals surface area contributed by atoms with E-state index in [1.165, 1.54) is 23.6 Å². The SMILES string of the molecule is CN(C)C=NC(=S)c1cc([C@@H](COC(=O)NC2CC2)N2C(=O)[C@@](CC(C)(C)C)(c3ccc(-c4cnn(C(F)F)c4)cc3)N=C2NC(=O)O)ccc1Cl. The molecule has 3 amide bonds. The Morgan fingerprint density at radius 3 is 2.46 bits per heavy atom. The molecule has 0 saturated heterocycles. The van der Waals surface area contributed by atoms with Gasteiger partial charge in [0.2, 0.25) is 5.96 Å². The van der Waals surface area contributed by atoms with Crippen molar-refractivity contribution in [1.82, 2.24) is 30.2 Å². The topological polar surface area (TPSA) is 154 Å². The lowest BCUT2D eigenvalue weighted by atomic mass is 9.75.